The van der Waals surface area contributed by atoms with Crippen LogP contribution in [-0.2, 0) is 4.74 Å². The molecule has 0 saturated carbocycles. The number of nitrogens with zero attached hydrogens (tertiary/aromatic N) is 1. The van der Waals surface area contributed by atoms with Crippen molar-refractivity contribution in [1.82, 2.24) is 9.88 Å². The number of carbonyl (C=O) groups is 1. The van der Waals surface area contributed by atoms with Crippen molar-refractivity contribution in [2.24, 2.45) is 0 Å². The molecule has 1 aromatic heterocycles. The van der Waals surface area contributed by atoms with Gasteiger partial charge in [-0.2, -0.15) is 0 Å². The summed E-state index contributed by atoms with van der Waals surface area (Å²) >= 11 is 3.45. The molecule has 0 aliphatic carbocycles. The quantitative estimate of drug-likeness (QED) is 0.877. The minimum Gasteiger partial charge on any atom is -0.375 e. The number of rotatable bonds is 1. The van der Waals surface area contributed by atoms with Gasteiger partial charge in [0.05, 0.1) is 18.3 Å². The Kier molecular flexibility index (Phi) is 3.33. The van der Waals surface area contributed by atoms with Gasteiger partial charge >= 0.3 is 0 Å². The number of nitrogens with one attached hydrogen (secondary N) is 1. The second-order valence-electron chi connectivity index (χ2n) is 4.82. The molecule has 0 spiro atoms. The van der Waals surface area contributed by atoms with Crippen LogP contribution >= 0.6 is 15.9 Å². The Bertz CT molecular complexity index is 623. The van der Waals surface area contributed by atoms with Crippen LogP contribution in [0.5, 0.6) is 0 Å². The van der Waals surface area contributed by atoms with Gasteiger partial charge in [-0.25, -0.2) is 0 Å². The van der Waals surface area contributed by atoms with Crippen molar-refractivity contribution >= 4 is 32.7 Å². The number of hydrogen-bond acceptors (Lipinski definition) is 2. The molecule has 1 unspecified atom stereocenters. The zero-order chi connectivity index (χ0) is 13.4. The van der Waals surface area contributed by atoms with Gasteiger partial charge in [0.1, 0.15) is 0 Å². The highest BCUT2D eigenvalue weighted by atomic mass is 79.9. The molecule has 1 aromatic carbocycles. The molecule has 3 rings (SSSR count). The van der Waals surface area contributed by atoms with Crippen molar-refractivity contribution in [3.8, 4) is 0 Å². The number of morpholine rings is 1. The predicted molar refractivity (Wildman–Crippen MR) is 77.3 cm³/mol. The lowest BCUT2D eigenvalue weighted by atomic mass is 10.1. The second-order valence-corrected chi connectivity index (χ2v) is 5.74. The number of aromatic nitrogens is 1. The Morgan fingerprint density at radius 2 is 2.37 bits per heavy atom. The summed E-state index contributed by atoms with van der Waals surface area (Å²) in [6.07, 6.45) is 1.90. The number of ether oxygens (including phenoxy) is 1. The number of halogens is 1. The molecule has 1 aliphatic heterocycles. The van der Waals surface area contributed by atoms with Gasteiger partial charge in [0.25, 0.3) is 5.91 Å². The molecule has 19 heavy (non-hydrogen) atoms. The molecule has 2 heterocycles. The molecule has 4 nitrogen and oxygen atoms in total. The second kappa shape index (κ2) is 4.98. The third-order valence-electron chi connectivity index (χ3n) is 3.40. The predicted octanol–water partition coefficient (Wildman–Crippen LogP) is 2.79. The largest absolute Gasteiger partial charge is 0.375 e. The molecule has 0 radical (unpaired) electrons. The van der Waals surface area contributed by atoms with Crippen LogP contribution < -0.4 is 0 Å². The average molecular weight is 323 g/mol. The fraction of sp³-hybridized carbons (Fsp3) is 0.357. The first-order valence-electron chi connectivity index (χ1n) is 6.32. The monoisotopic (exact) mass is 322 g/mol. The van der Waals surface area contributed by atoms with Gasteiger partial charge in [-0.3, -0.25) is 4.79 Å². The molecular formula is C14H15BrN2O2. The van der Waals surface area contributed by atoms with E-state index in [-0.39, 0.29) is 12.0 Å². The van der Waals surface area contributed by atoms with E-state index < -0.39 is 0 Å². The first kappa shape index (κ1) is 12.7. The van der Waals surface area contributed by atoms with E-state index in [0.717, 1.165) is 20.9 Å². The van der Waals surface area contributed by atoms with E-state index in [9.17, 15) is 4.79 Å². The highest BCUT2D eigenvalue weighted by Crippen LogP contribution is 2.24. The number of benzene rings is 1. The van der Waals surface area contributed by atoms with Gasteiger partial charge in [-0.05, 0) is 25.1 Å². The van der Waals surface area contributed by atoms with E-state index in [1.807, 2.05) is 30.0 Å². The maximum Gasteiger partial charge on any atom is 0.256 e. The maximum atomic E-state index is 12.6. The Labute approximate surface area is 119 Å². The Balaban J connectivity index is 1.95. The van der Waals surface area contributed by atoms with Crippen molar-refractivity contribution < 1.29 is 9.53 Å². The van der Waals surface area contributed by atoms with E-state index in [1.165, 1.54) is 0 Å². The van der Waals surface area contributed by atoms with Crippen LogP contribution in [0.1, 0.15) is 17.3 Å². The van der Waals surface area contributed by atoms with Gasteiger partial charge in [0, 0.05) is 34.7 Å². The highest BCUT2D eigenvalue weighted by Gasteiger charge is 2.24. The highest BCUT2D eigenvalue weighted by molar-refractivity contribution is 9.10. The summed E-state index contributed by atoms with van der Waals surface area (Å²) in [4.78, 5) is 17.6. The van der Waals surface area contributed by atoms with Crippen molar-refractivity contribution in [1.29, 1.82) is 0 Å². The van der Waals surface area contributed by atoms with Crippen LogP contribution in [0.25, 0.3) is 10.9 Å². The van der Waals surface area contributed by atoms with Crippen LogP contribution in [-0.4, -0.2) is 41.6 Å². The maximum absolute atomic E-state index is 12.6. The van der Waals surface area contributed by atoms with E-state index in [1.54, 1.807) is 6.20 Å². The summed E-state index contributed by atoms with van der Waals surface area (Å²) in [6, 6.07) is 5.91. The fourth-order valence-corrected chi connectivity index (χ4v) is 2.80. The summed E-state index contributed by atoms with van der Waals surface area (Å²) in [5.41, 5.74) is 1.71. The summed E-state index contributed by atoms with van der Waals surface area (Å²) in [5.74, 6) is 0.0690. The zero-order valence-corrected chi connectivity index (χ0v) is 12.2. The third kappa shape index (κ3) is 2.40. The van der Waals surface area contributed by atoms with E-state index >= 15 is 0 Å². The Morgan fingerprint density at radius 1 is 1.53 bits per heavy atom. The lowest BCUT2D eigenvalue weighted by Crippen LogP contribution is -2.44. The smallest absolute Gasteiger partial charge is 0.256 e. The minimum absolute atomic E-state index is 0.0690. The number of fused-ring (bicyclic) bond motifs is 1. The molecule has 5 heteroatoms. The first-order valence-corrected chi connectivity index (χ1v) is 7.12. The van der Waals surface area contributed by atoms with Crippen LogP contribution in [0, 0.1) is 0 Å². The molecule has 1 N–H and O–H groups in total. The molecule has 1 atom stereocenters. The van der Waals surface area contributed by atoms with E-state index in [2.05, 4.69) is 20.9 Å². The Hall–Kier alpha value is -1.33. The SMILES string of the molecule is CC1CN(C(=O)c2c[nH]c3ccc(Br)cc23)CCO1. The fourth-order valence-electron chi connectivity index (χ4n) is 2.44. The number of hydrogen-bond donors (Lipinski definition) is 1. The van der Waals surface area contributed by atoms with E-state index in [4.69, 9.17) is 4.74 Å². The number of carbonyl (C=O) groups excluding carboxylic acids is 1. The normalized spacial score (nSPS) is 19.9. The lowest BCUT2D eigenvalue weighted by Gasteiger charge is -2.31. The van der Waals surface area contributed by atoms with Crippen LogP contribution in [0.15, 0.2) is 28.9 Å². The van der Waals surface area contributed by atoms with Crippen molar-refractivity contribution in [2.45, 2.75) is 13.0 Å². The minimum atomic E-state index is 0.0690. The third-order valence-corrected chi connectivity index (χ3v) is 3.90. The standard InChI is InChI=1S/C14H15BrN2O2/c1-9-8-17(4-5-19-9)14(18)12-7-16-13-3-2-10(15)6-11(12)13/h2-3,6-7,9,16H,4-5,8H2,1H3. The molecular weight excluding hydrogens is 308 g/mol. The number of aromatic amines is 1. The van der Waals surface area contributed by atoms with Crippen molar-refractivity contribution in [2.75, 3.05) is 19.7 Å². The van der Waals surface area contributed by atoms with Gasteiger partial charge in [0.2, 0.25) is 0 Å². The lowest BCUT2D eigenvalue weighted by molar-refractivity contribution is -0.0123. The topological polar surface area (TPSA) is 45.3 Å². The number of amides is 1. The molecule has 2 aromatic rings. The number of H-pyrrole nitrogens is 1. The zero-order valence-electron chi connectivity index (χ0n) is 10.6. The van der Waals surface area contributed by atoms with Gasteiger partial charge in [-0.15, -0.1) is 0 Å². The first-order chi connectivity index (χ1) is 9.15. The van der Waals surface area contributed by atoms with Crippen LogP contribution in [0.3, 0.4) is 0 Å². The molecule has 1 fully saturated rings. The molecule has 1 aliphatic rings. The average Bonchev–Trinajstić information content (AvgIpc) is 2.80. The molecule has 100 valence electrons. The molecule has 1 amide bonds. The van der Waals surface area contributed by atoms with Crippen LogP contribution in [0.4, 0.5) is 0 Å². The van der Waals surface area contributed by atoms with Crippen molar-refractivity contribution in [3.05, 3.63) is 34.4 Å². The Morgan fingerprint density at radius 3 is 3.16 bits per heavy atom. The molecule has 0 bridgehead atoms. The van der Waals surface area contributed by atoms with Gasteiger partial charge < -0.3 is 14.6 Å². The summed E-state index contributed by atoms with van der Waals surface area (Å²) < 4.78 is 6.45. The summed E-state index contributed by atoms with van der Waals surface area (Å²) in [7, 11) is 0. The van der Waals surface area contributed by atoms with Gasteiger partial charge in [0.15, 0.2) is 0 Å². The molecule has 1 saturated heterocycles. The summed E-state index contributed by atoms with van der Waals surface area (Å²) in [6.45, 7) is 3.91. The van der Waals surface area contributed by atoms with Gasteiger partial charge in [-0.1, -0.05) is 15.9 Å². The summed E-state index contributed by atoms with van der Waals surface area (Å²) in [5, 5.41) is 0.957. The van der Waals surface area contributed by atoms with E-state index in [0.29, 0.717) is 19.7 Å². The van der Waals surface area contributed by atoms with Crippen molar-refractivity contribution in [3.63, 3.8) is 0 Å². The van der Waals surface area contributed by atoms with Crippen LogP contribution in [0.2, 0.25) is 0 Å².